The Bertz CT molecular complexity index is 1460. The van der Waals surface area contributed by atoms with Gasteiger partial charge in [-0.25, -0.2) is 13.9 Å². The number of aryl methyl sites for hydroxylation is 1. The van der Waals surface area contributed by atoms with Gasteiger partial charge in [-0.3, -0.25) is 14.4 Å². The van der Waals surface area contributed by atoms with Crippen LogP contribution in [0.1, 0.15) is 45.7 Å². The van der Waals surface area contributed by atoms with Crippen LogP contribution in [0.4, 0.5) is 0 Å². The van der Waals surface area contributed by atoms with E-state index in [0.717, 1.165) is 21.9 Å². The van der Waals surface area contributed by atoms with E-state index in [-0.39, 0.29) is 16.7 Å². The third-order valence-corrected chi connectivity index (χ3v) is 7.77. The van der Waals surface area contributed by atoms with E-state index >= 15 is 0 Å². The van der Waals surface area contributed by atoms with Crippen LogP contribution in [-0.2, 0) is 35.6 Å². The highest BCUT2D eigenvalue weighted by Gasteiger charge is 2.38. The molecule has 1 amide bonds. The minimum Gasteiger partial charge on any atom is -0.489 e. The molecule has 10 heteroatoms. The van der Waals surface area contributed by atoms with E-state index < -0.39 is 39.5 Å². The summed E-state index contributed by atoms with van der Waals surface area (Å²) in [4.78, 5) is 30.0. The fourth-order valence-corrected chi connectivity index (χ4v) is 5.73. The molecule has 0 saturated carbocycles. The molecule has 0 radical (unpaired) electrons. The van der Waals surface area contributed by atoms with Gasteiger partial charge in [-0.1, -0.05) is 55.5 Å². The molecule has 9 nitrogen and oxygen atoms in total. The molecule has 0 saturated heterocycles. The van der Waals surface area contributed by atoms with Crippen LogP contribution in [0.25, 0.3) is 10.8 Å². The smallest absolute Gasteiger partial charge is 0.325 e. The number of carbonyl (C=O) groups excluding carboxylic acids is 2. The first-order chi connectivity index (χ1) is 18.7. The molecule has 3 aromatic carbocycles. The minimum absolute atomic E-state index is 0.123. The highest BCUT2D eigenvalue weighted by molar-refractivity contribution is 7.89. The van der Waals surface area contributed by atoms with Gasteiger partial charge in [-0.2, -0.15) is 4.72 Å². The van der Waals surface area contributed by atoms with E-state index in [1.54, 1.807) is 39.0 Å². The van der Waals surface area contributed by atoms with E-state index in [2.05, 4.69) is 33.2 Å². The van der Waals surface area contributed by atoms with Crippen LogP contribution in [-0.4, -0.2) is 45.2 Å². The van der Waals surface area contributed by atoms with E-state index in [0.29, 0.717) is 6.42 Å². The Morgan fingerprint density at radius 3 is 2.27 bits per heavy atom. The van der Waals surface area contributed by atoms with Gasteiger partial charge < -0.3 is 9.47 Å². The molecule has 0 spiro atoms. The minimum atomic E-state index is -4.34. The summed E-state index contributed by atoms with van der Waals surface area (Å²) in [5, 5.41) is 2.23. The molecule has 0 fully saturated rings. The molecule has 3 rings (SSSR count). The SMILES string of the molecule is CONC(=O)[C@@H](C)C(NS(=O)(=O)c1ccccc1OC(C)Cc1c(C)ccc2ccccc12)C(=O)OC(C)(C)C. The Morgan fingerprint density at radius 2 is 1.60 bits per heavy atom. The molecule has 0 aliphatic heterocycles. The standard InChI is InChI=1S/C30H38N2O7S/c1-19-16-17-22-12-8-9-13-23(22)24(19)18-20(2)38-25-14-10-11-15-26(25)40(35,36)32-27(21(3)28(33)31-37-7)29(34)39-30(4,5)6/h8-17,20-21,27,32H,18H2,1-7H3,(H,31,33)/t20?,21-,27?/m0/s1. The Hall–Kier alpha value is -3.47. The Balaban J connectivity index is 1.90. The Morgan fingerprint density at radius 1 is 0.950 bits per heavy atom. The van der Waals surface area contributed by atoms with Gasteiger partial charge in [0.15, 0.2) is 0 Å². The zero-order valence-electron chi connectivity index (χ0n) is 24.0. The van der Waals surface area contributed by atoms with Crippen LogP contribution < -0.4 is 14.9 Å². The molecule has 0 aliphatic carbocycles. The molecule has 2 N–H and O–H groups in total. The van der Waals surface area contributed by atoms with Gasteiger partial charge in [-0.15, -0.1) is 0 Å². The number of ether oxygens (including phenoxy) is 2. The van der Waals surface area contributed by atoms with E-state index in [1.165, 1.54) is 20.1 Å². The van der Waals surface area contributed by atoms with Crippen molar-refractivity contribution < 1.29 is 32.3 Å². The number of amides is 1. The average molecular weight is 571 g/mol. The van der Waals surface area contributed by atoms with Crippen molar-refractivity contribution in [1.29, 1.82) is 0 Å². The molecule has 40 heavy (non-hydrogen) atoms. The number of esters is 1. The summed E-state index contributed by atoms with van der Waals surface area (Å²) in [6.45, 7) is 10.3. The number of hydrogen-bond donors (Lipinski definition) is 2. The molecule has 2 unspecified atom stereocenters. The zero-order valence-corrected chi connectivity index (χ0v) is 24.8. The topological polar surface area (TPSA) is 120 Å². The monoisotopic (exact) mass is 570 g/mol. The number of fused-ring (bicyclic) bond motifs is 1. The first-order valence-corrected chi connectivity index (χ1v) is 14.5. The number of nitrogens with one attached hydrogen (secondary N) is 2. The summed E-state index contributed by atoms with van der Waals surface area (Å²) >= 11 is 0. The second-order valence-electron chi connectivity index (χ2n) is 10.8. The Kier molecular flexibility index (Phi) is 9.94. The van der Waals surface area contributed by atoms with E-state index in [4.69, 9.17) is 9.47 Å². The highest BCUT2D eigenvalue weighted by atomic mass is 32.2. The maximum absolute atomic E-state index is 13.6. The average Bonchev–Trinajstić information content (AvgIpc) is 2.88. The quantitative estimate of drug-likeness (QED) is 0.258. The summed E-state index contributed by atoms with van der Waals surface area (Å²) < 4.78 is 41.2. The van der Waals surface area contributed by atoms with Gasteiger partial charge in [0.25, 0.3) is 0 Å². The summed E-state index contributed by atoms with van der Waals surface area (Å²) in [6.07, 6.45) is 0.165. The molecule has 0 heterocycles. The molecule has 3 atom stereocenters. The lowest BCUT2D eigenvalue weighted by molar-refractivity contribution is -0.160. The second-order valence-corrected chi connectivity index (χ2v) is 12.4. The molecular formula is C30H38N2O7S. The van der Waals surface area contributed by atoms with Crippen LogP contribution in [0.15, 0.2) is 65.6 Å². The predicted octanol–water partition coefficient (Wildman–Crippen LogP) is 4.46. The van der Waals surface area contributed by atoms with Crippen molar-refractivity contribution in [2.24, 2.45) is 5.92 Å². The largest absolute Gasteiger partial charge is 0.489 e. The number of carbonyl (C=O) groups is 2. The van der Waals surface area contributed by atoms with Crippen molar-refractivity contribution in [2.75, 3.05) is 7.11 Å². The van der Waals surface area contributed by atoms with Gasteiger partial charge in [-0.05, 0) is 68.7 Å². The van der Waals surface area contributed by atoms with Crippen molar-refractivity contribution in [3.05, 3.63) is 71.8 Å². The second kappa shape index (κ2) is 12.8. The number of para-hydroxylation sites is 1. The summed E-state index contributed by atoms with van der Waals surface area (Å²) in [5.74, 6) is -2.61. The third kappa shape index (κ3) is 7.80. The number of sulfonamides is 1. The normalized spacial score (nSPS) is 14.3. The first kappa shape index (κ1) is 31.1. The summed E-state index contributed by atoms with van der Waals surface area (Å²) in [5.41, 5.74) is 3.46. The number of rotatable bonds is 11. The number of hydroxylamine groups is 1. The van der Waals surface area contributed by atoms with Gasteiger partial charge in [0.1, 0.15) is 28.4 Å². The van der Waals surface area contributed by atoms with Crippen molar-refractivity contribution in [3.8, 4) is 5.75 Å². The summed E-state index contributed by atoms with van der Waals surface area (Å²) in [7, 11) is -3.10. The number of benzene rings is 3. The summed E-state index contributed by atoms with van der Waals surface area (Å²) in [6, 6.07) is 16.9. The van der Waals surface area contributed by atoms with Crippen LogP contribution >= 0.6 is 0 Å². The number of hydrogen-bond acceptors (Lipinski definition) is 7. The third-order valence-electron chi connectivity index (χ3n) is 6.29. The van der Waals surface area contributed by atoms with Crippen molar-refractivity contribution >= 4 is 32.7 Å². The highest BCUT2D eigenvalue weighted by Crippen LogP contribution is 2.28. The van der Waals surface area contributed by atoms with E-state index in [9.17, 15) is 18.0 Å². The van der Waals surface area contributed by atoms with Gasteiger partial charge in [0, 0.05) is 6.42 Å². The van der Waals surface area contributed by atoms with Gasteiger partial charge >= 0.3 is 5.97 Å². The zero-order chi connectivity index (χ0) is 29.7. The maximum atomic E-state index is 13.6. The first-order valence-electron chi connectivity index (χ1n) is 13.0. The van der Waals surface area contributed by atoms with Crippen LogP contribution in [0.3, 0.4) is 0 Å². The van der Waals surface area contributed by atoms with Gasteiger partial charge in [0.05, 0.1) is 13.0 Å². The lowest BCUT2D eigenvalue weighted by atomic mass is 9.96. The molecule has 0 bridgehead atoms. The van der Waals surface area contributed by atoms with Crippen LogP contribution in [0.5, 0.6) is 5.75 Å². The molecular weight excluding hydrogens is 532 g/mol. The van der Waals surface area contributed by atoms with Crippen molar-refractivity contribution in [2.45, 2.75) is 70.6 Å². The predicted molar refractivity (Wildman–Crippen MR) is 153 cm³/mol. The molecule has 0 aliphatic rings. The molecule has 216 valence electrons. The fourth-order valence-electron chi connectivity index (χ4n) is 4.33. The van der Waals surface area contributed by atoms with Gasteiger partial charge in [0.2, 0.25) is 15.9 Å². The van der Waals surface area contributed by atoms with Crippen molar-refractivity contribution in [1.82, 2.24) is 10.2 Å². The molecule has 0 aromatic heterocycles. The van der Waals surface area contributed by atoms with E-state index in [1.807, 2.05) is 32.0 Å². The van der Waals surface area contributed by atoms with Crippen molar-refractivity contribution in [3.63, 3.8) is 0 Å². The lowest BCUT2D eigenvalue weighted by Gasteiger charge is -2.27. The van der Waals surface area contributed by atoms with Crippen LogP contribution in [0, 0.1) is 12.8 Å². The Labute approximate surface area is 236 Å². The lowest BCUT2D eigenvalue weighted by Crippen LogP contribution is -2.51. The molecule has 3 aromatic rings. The fraction of sp³-hybridized carbons (Fsp3) is 0.400. The van der Waals surface area contributed by atoms with Crippen LogP contribution in [0.2, 0.25) is 0 Å². The maximum Gasteiger partial charge on any atom is 0.325 e.